The molecule has 0 bridgehead atoms. The normalized spacial score (nSPS) is 31.5. The van der Waals surface area contributed by atoms with Crippen molar-refractivity contribution in [1.82, 2.24) is 4.90 Å². The van der Waals surface area contributed by atoms with Gasteiger partial charge in [-0.3, -0.25) is 0 Å². The van der Waals surface area contributed by atoms with Gasteiger partial charge in [0.1, 0.15) is 0 Å². The summed E-state index contributed by atoms with van der Waals surface area (Å²) in [4.78, 5) is 12.5. The molecule has 1 aromatic carbocycles. The molecule has 2 atom stereocenters. The average molecular weight is 231 g/mol. The second kappa shape index (κ2) is 4.06. The third-order valence-corrected chi connectivity index (χ3v) is 4.29. The van der Waals surface area contributed by atoms with Crippen LogP contribution in [0.25, 0.3) is 0 Å². The summed E-state index contributed by atoms with van der Waals surface area (Å²) in [5.74, 6) is 1.80. The molecule has 0 radical (unpaired) electrons. The molecule has 0 spiro atoms. The lowest BCUT2D eigenvalue weighted by molar-refractivity contribution is 0.152. The molecule has 2 fully saturated rings. The predicted molar refractivity (Wildman–Crippen MR) is 65.0 cm³/mol. The quantitative estimate of drug-likeness (QED) is 0.807. The van der Waals surface area contributed by atoms with Gasteiger partial charge >= 0.3 is 6.09 Å². The van der Waals surface area contributed by atoms with Gasteiger partial charge in [0.25, 0.3) is 0 Å². The zero-order chi connectivity index (χ0) is 11.8. The molecule has 1 amide bonds. The summed E-state index contributed by atoms with van der Waals surface area (Å²) < 4.78 is 0. The Morgan fingerprint density at radius 1 is 1.12 bits per heavy atom. The summed E-state index contributed by atoms with van der Waals surface area (Å²) in [6.45, 7) is 1.48. The molecule has 3 heteroatoms. The van der Waals surface area contributed by atoms with Gasteiger partial charge in [-0.05, 0) is 36.2 Å². The van der Waals surface area contributed by atoms with Gasteiger partial charge in [-0.15, -0.1) is 0 Å². The van der Waals surface area contributed by atoms with Crippen LogP contribution in [0.5, 0.6) is 0 Å². The van der Waals surface area contributed by atoms with Crippen LogP contribution in [0.1, 0.15) is 24.3 Å². The zero-order valence-corrected chi connectivity index (χ0v) is 9.75. The van der Waals surface area contributed by atoms with E-state index in [9.17, 15) is 4.79 Å². The zero-order valence-electron chi connectivity index (χ0n) is 9.75. The summed E-state index contributed by atoms with van der Waals surface area (Å²) in [6, 6.07) is 10.6. The summed E-state index contributed by atoms with van der Waals surface area (Å²) in [6.07, 6.45) is 1.55. The van der Waals surface area contributed by atoms with E-state index in [1.54, 1.807) is 4.90 Å². The van der Waals surface area contributed by atoms with Gasteiger partial charge in [0.15, 0.2) is 0 Å². The Kier molecular flexibility index (Phi) is 2.54. The van der Waals surface area contributed by atoms with Crippen LogP contribution in [0.15, 0.2) is 30.3 Å². The first-order valence-electron chi connectivity index (χ1n) is 6.27. The summed E-state index contributed by atoms with van der Waals surface area (Å²) in [5.41, 5.74) is 1.42. The van der Waals surface area contributed by atoms with Gasteiger partial charge in [-0.2, -0.15) is 0 Å². The Labute approximate surface area is 101 Å². The van der Waals surface area contributed by atoms with Crippen molar-refractivity contribution >= 4 is 6.09 Å². The number of carbonyl (C=O) groups is 1. The Bertz CT molecular complexity index is 403. The van der Waals surface area contributed by atoms with E-state index in [4.69, 9.17) is 5.11 Å². The molecule has 1 saturated heterocycles. The lowest BCUT2D eigenvalue weighted by atomic mass is 9.96. The molecule has 2 unspecified atom stereocenters. The molecular weight excluding hydrogens is 214 g/mol. The Balaban J connectivity index is 1.68. The van der Waals surface area contributed by atoms with Gasteiger partial charge in [0.05, 0.1) is 0 Å². The Hall–Kier alpha value is -1.51. The third kappa shape index (κ3) is 1.90. The molecule has 1 saturated carbocycles. The maximum atomic E-state index is 10.9. The smallest absolute Gasteiger partial charge is 0.407 e. The monoisotopic (exact) mass is 231 g/mol. The van der Waals surface area contributed by atoms with E-state index in [0.29, 0.717) is 17.8 Å². The molecule has 1 heterocycles. The Morgan fingerprint density at radius 2 is 1.71 bits per heavy atom. The van der Waals surface area contributed by atoms with Crippen LogP contribution in [-0.2, 0) is 0 Å². The minimum Gasteiger partial charge on any atom is -0.465 e. The fourth-order valence-electron chi connectivity index (χ4n) is 3.45. The van der Waals surface area contributed by atoms with E-state index >= 15 is 0 Å². The van der Waals surface area contributed by atoms with E-state index in [1.807, 2.05) is 6.07 Å². The number of benzene rings is 1. The van der Waals surface area contributed by atoms with Crippen molar-refractivity contribution in [2.24, 2.45) is 11.8 Å². The highest BCUT2D eigenvalue weighted by Crippen LogP contribution is 2.46. The molecule has 2 aliphatic rings. The lowest BCUT2D eigenvalue weighted by Gasteiger charge is -2.16. The van der Waals surface area contributed by atoms with Crippen molar-refractivity contribution < 1.29 is 9.90 Å². The van der Waals surface area contributed by atoms with Crippen LogP contribution in [0.3, 0.4) is 0 Å². The van der Waals surface area contributed by atoms with Crippen LogP contribution >= 0.6 is 0 Å². The van der Waals surface area contributed by atoms with E-state index in [0.717, 1.165) is 25.9 Å². The fourth-order valence-corrected chi connectivity index (χ4v) is 3.45. The third-order valence-electron chi connectivity index (χ3n) is 4.29. The predicted octanol–water partition coefficient (Wildman–Crippen LogP) is 2.79. The summed E-state index contributed by atoms with van der Waals surface area (Å²) in [7, 11) is 0. The van der Waals surface area contributed by atoms with Crippen molar-refractivity contribution in [2.75, 3.05) is 13.1 Å². The standard InChI is InChI=1S/C14H17NO2/c16-14(17)15-8-12-6-11(7-13(12)9-15)10-4-2-1-3-5-10/h1-5,11-13H,6-9H2,(H,16,17). The first-order chi connectivity index (χ1) is 8.24. The second-order valence-electron chi connectivity index (χ2n) is 5.29. The Morgan fingerprint density at radius 3 is 2.24 bits per heavy atom. The number of hydrogen-bond acceptors (Lipinski definition) is 1. The van der Waals surface area contributed by atoms with Gasteiger partial charge in [0, 0.05) is 13.1 Å². The molecule has 1 aromatic rings. The number of fused-ring (bicyclic) bond motifs is 1. The highest BCUT2D eigenvalue weighted by Gasteiger charge is 2.42. The van der Waals surface area contributed by atoms with Crippen molar-refractivity contribution in [3.05, 3.63) is 35.9 Å². The van der Waals surface area contributed by atoms with Crippen LogP contribution in [0.2, 0.25) is 0 Å². The summed E-state index contributed by atoms with van der Waals surface area (Å²) >= 11 is 0. The highest BCUT2D eigenvalue weighted by molar-refractivity contribution is 5.65. The number of nitrogens with zero attached hydrogens (tertiary/aromatic N) is 1. The molecular formula is C14H17NO2. The minimum absolute atomic E-state index is 0.580. The topological polar surface area (TPSA) is 40.5 Å². The molecule has 90 valence electrons. The number of amides is 1. The maximum Gasteiger partial charge on any atom is 0.407 e. The van der Waals surface area contributed by atoms with Crippen LogP contribution in [0, 0.1) is 11.8 Å². The SMILES string of the molecule is O=C(O)N1CC2CC(c3ccccc3)CC2C1. The number of carboxylic acid groups (broad SMARTS) is 1. The molecule has 3 rings (SSSR count). The van der Waals surface area contributed by atoms with E-state index < -0.39 is 6.09 Å². The number of hydrogen-bond donors (Lipinski definition) is 1. The lowest BCUT2D eigenvalue weighted by Crippen LogP contribution is -2.27. The fraction of sp³-hybridized carbons (Fsp3) is 0.500. The highest BCUT2D eigenvalue weighted by atomic mass is 16.4. The number of likely N-dealkylation sites (tertiary alicyclic amines) is 1. The molecule has 0 aromatic heterocycles. The van der Waals surface area contributed by atoms with E-state index in [1.165, 1.54) is 5.56 Å². The second-order valence-corrected chi connectivity index (χ2v) is 5.29. The van der Waals surface area contributed by atoms with Gasteiger partial charge in [0.2, 0.25) is 0 Å². The van der Waals surface area contributed by atoms with Crippen LogP contribution in [0.4, 0.5) is 4.79 Å². The first-order valence-corrected chi connectivity index (χ1v) is 6.27. The van der Waals surface area contributed by atoms with Gasteiger partial charge in [-0.1, -0.05) is 30.3 Å². The van der Waals surface area contributed by atoms with Crippen LogP contribution < -0.4 is 0 Å². The first kappa shape index (κ1) is 10.6. The van der Waals surface area contributed by atoms with Gasteiger partial charge in [-0.25, -0.2) is 4.79 Å². The number of rotatable bonds is 1. The van der Waals surface area contributed by atoms with Gasteiger partial charge < -0.3 is 10.0 Å². The molecule has 1 aliphatic carbocycles. The molecule has 1 aliphatic heterocycles. The van der Waals surface area contributed by atoms with Crippen molar-refractivity contribution in [2.45, 2.75) is 18.8 Å². The van der Waals surface area contributed by atoms with E-state index in [2.05, 4.69) is 24.3 Å². The largest absolute Gasteiger partial charge is 0.465 e. The minimum atomic E-state index is -0.754. The molecule has 17 heavy (non-hydrogen) atoms. The molecule has 3 nitrogen and oxygen atoms in total. The van der Waals surface area contributed by atoms with Crippen molar-refractivity contribution in [3.63, 3.8) is 0 Å². The van der Waals surface area contributed by atoms with Crippen molar-refractivity contribution in [1.29, 1.82) is 0 Å². The van der Waals surface area contributed by atoms with Crippen LogP contribution in [-0.4, -0.2) is 29.2 Å². The molecule has 1 N–H and O–H groups in total. The summed E-state index contributed by atoms with van der Waals surface area (Å²) in [5, 5.41) is 8.98. The maximum absolute atomic E-state index is 10.9. The van der Waals surface area contributed by atoms with E-state index in [-0.39, 0.29) is 0 Å². The average Bonchev–Trinajstić information content (AvgIpc) is 2.87. The van der Waals surface area contributed by atoms with Crippen molar-refractivity contribution in [3.8, 4) is 0 Å².